The van der Waals surface area contributed by atoms with E-state index in [0.29, 0.717) is 41.5 Å². The Hall–Kier alpha value is -4.44. The topological polar surface area (TPSA) is 106 Å². The lowest BCUT2D eigenvalue weighted by atomic mass is 9.79. The number of aromatic nitrogens is 4. The van der Waals surface area contributed by atoms with Gasteiger partial charge < -0.3 is 20.3 Å². The molecule has 1 amide bonds. The Kier molecular flexibility index (Phi) is 5.74. The third-order valence-corrected chi connectivity index (χ3v) is 7.98. The normalized spacial score (nSPS) is 17.9. The van der Waals surface area contributed by atoms with Crippen LogP contribution in [0.5, 0.6) is 5.75 Å². The van der Waals surface area contributed by atoms with Crippen LogP contribution in [0.2, 0.25) is 0 Å². The molecule has 0 fully saturated rings. The molecule has 0 unspecified atom stereocenters. The number of carbonyl (C=O) groups is 1. The third-order valence-electron chi connectivity index (χ3n) is 7.98. The van der Waals surface area contributed by atoms with Gasteiger partial charge in [0.15, 0.2) is 12.3 Å². The molecule has 2 N–H and O–H groups in total. The molecule has 2 aromatic heterocycles. The molecular weight excluding hydrogens is 506 g/mol. The highest BCUT2D eigenvalue weighted by atomic mass is 16.5. The van der Waals surface area contributed by atoms with E-state index in [1.165, 1.54) is 11.1 Å². The maximum atomic E-state index is 13.5. The van der Waals surface area contributed by atoms with Crippen LogP contribution in [-0.4, -0.2) is 44.9 Å². The van der Waals surface area contributed by atoms with Gasteiger partial charge in [0.25, 0.3) is 11.5 Å². The monoisotopic (exact) mass is 537 g/mol. The molecule has 10 heteroatoms. The minimum absolute atomic E-state index is 0.0256. The summed E-state index contributed by atoms with van der Waals surface area (Å²) in [5.41, 5.74) is 5.27. The smallest absolute Gasteiger partial charge is 0.278 e. The van der Waals surface area contributed by atoms with Crippen molar-refractivity contribution in [2.75, 3.05) is 29.9 Å². The van der Waals surface area contributed by atoms with Gasteiger partial charge >= 0.3 is 0 Å². The molecule has 5 heterocycles. The second-order valence-electron chi connectivity index (χ2n) is 11.2. The van der Waals surface area contributed by atoms with Gasteiger partial charge in [0.05, 0.1) is 17.9 Å². The molecule has 3 aliphatic heterocycles. The summed E-state index contributed by atoms with van der Waals surface area (Å²) in [6.45, 7) is 7.26. The summed E-state index contributed by atoms with van der Waals surface area (Å²) in [4.78, 5) is 37.4. The largest absolute Gasteiger partial charge is 0.482 e. The molecule has 7 rings (SSSR count). The maximum absolute atomic E-state index is 13.5. The number of amides is 1. The SMILES string of the molecule is CC1(C)CNCc2cc(Nc3ncc4c(=O)n5n(c4n3)-c3ccc4c(c3)N(CCCC=CC5)C(=O)CO4)ccc21. The van der Waals surface area contributed by atoms with Crippen LogP contribution >= 0.6 is 0 Å². The van der Waals surface area contributed by atoms with Crippen molar-refractivity contribution < 1.29 is 9.53 Å². The Morgan fingerprint density at radius 2 is 2.00 bits per heavy atom. The predicted molar refractivity (Wildman–Crippen MR) is 154 cm³/mol. The van der Waals surface area contributed by atoms with Gasteiger partial charge in [0, 0.05) is 36.9 Å². The van der Waals surface area contributed by atoms with Crippen LogP contribution in [0, 0.1) is 0 Å². The van der Waals surface area contributed by atoms with E-state index in [0.717, 1.165) is 37.3 Å². The summed E-state index contributed by atoms with van der Waals surface area (Å²) in [5, 5.41) is 7.26. The number of hydrogen-bond donors (Lipinski definition) is 2. The van der Waals surface area contributed by atoms with Crippen LogP contribution < -0.4 is 25.8 Å². The minimum Gasteiger partial charge on any atom is -0.482 e. The first-order chi connectivity index (χ1) is 19.4. The third kappa shape index (κ3) is 4.06. The van der Waals surface area contributed by atoms with Crippen LogP contribution in [0.4, 0.5) is 17.3 Å². The predicted octanol–water partition coefficient (Wildman–Crippen LogP) is 3.78. The quantitative estimate of drug-likeness (QED) is 0.375. The number of rotatable bonds is 2. The van der Waals surface area contributed by atoms with Gasteiger partial charge in [-0.15, -0.1) is 0 Å². The fourth-order valence-corrected chi connectivity index (χ4v) is 5.95. The Morgan fingerprint density at radius 1 is 1.10 bits per heavy atom. The molecule has 10 nitrogen and oxygen atoms in total. The van der Waals surface area contributed by atoms with Crippen LogP contribution in [0.3, 0.4) is 0 Å². The molecule has 0 aliphatic carbocycles. The molecular formula is C30H31N7O3. The Bertz CT molecular complexity index is 1750. The van der Waals surface area contributed by atoms with E-state index >= 15 is 0 Å². The molecule has 204 valence electrons. The van der Waals surface area contributed by atoms with Crippen molar-refractivity contribution in [3.8, 4) is 11.4 Å². The average molecular weight is 538 g/mol. The summed E-state index contributed by atoms with van der Waals surface area (Å²) in [5.74, 6) is 0.984. The first kappa shape index (κ1) is 24.6. The number of allylic oxidation sites excluding steroid dienone is 2. The average Bonchev–Trinajstić information content (AvgIpc) is 3.20. The highest BCUT2D eigenvalue weighted by Crippen LogP contribution is 2.35. The van der Waals surface area contributed by atoms with Crippen molar-refractivity contribution in [2.24, 2.45) is 0 Å². The zero-order valence-corrected chi connectivity index (χ0v) is 22.6. The van der Waals surface area contributed by atoms with Gasteiger partial charge in [-0.25, -0.2) is 14.3 Å². The summed E-state index contributed by atoms with van der Waals surface area (Å²) < 4.78 is 9.19. The van der Waals surface area contributed by atoms with E-state index in [1.54, 1.807) is 15.8 Å². The zero-order chi connectivity index (χ0) is 27.4. The fraction of sp³-hybridized carbons (Fsp3) is 0.333. The lowest BCUT2D eigenvalue weighted by Gasteiger charge is -2.33. The van der Waals surface area contributed by atoms with Crippen LogP contribution in [0.1, 0.15) is 37.8 Å². The first-order valence-electron chi connectivity index (χ1n) is 13.7. The standard InChI is InChI=1S/C30H31N7O3/c1-30(2)18-31-15-19-13-20(7-9-23(19)30)33-29-32-16-22-27(34-29)37-21-8-10-25-24(14-21)35(26(38)17-40-25)11-5-3-4-6-12-36(37)28(22)39/h4,6-10,13-14,16,31H,3,5,11-12,15,17-18H2,1-2H3,(H,32,33,34). The minimum atomic E-state index is -0.174. The van der Waals surface area contributed by atoms with Gasteiger partial charge in [-0.3, -0.25) is 9.59 Å². The Labute approximate surface area is 231 Å². The molecule has 40 heavy (non-hydrogen) atoms. The zero-order valence-electron chi connectivity index (χ0n) is 22.6. The number of fused-ring (bicyclic) bond motifs is 6. The first-order valence-corrected chi connectivity index (χ1v) is 13.7. The van der Waals surface area contributed by atoms with E-state index in [-0.39, 0.29) is 23.5 Å². The van der Waals surface area contributed by atoms with Gasteiger partial charge in [0.2, 0.25) is 5.95 Å². The van der Waals surface area contributed by atoms with Gasteiger partial charge in [0.1, 0.15) is 11.1 Å². The number of anilines is 3. The molecule has 2 bridgehead atoms. The Balaban J connectivity index is 1.34. The van der Waals surface area contributed by atoms with Crippen molar-refractivity contribution in [3.05, 3.63) is 76.2 Å². The lowest BCUT2D eigenvalue weighted by Crippen LogP contribution is -2.39. The van der Waals surface area contributed by atoms with Crippen molar-refractivity contribution in [1.82, 2.24) is 24.6 Å². The maximum Gasteiger partial charge on any atom is 0.278 e. The molecule has 0 atom stereocenters. The van der Waals surface area contributed by atoms with Crippen LogP contribution in [0.25, 0.3) is 16.7 Å². The van der Waals surface area contributed by atoms with Crippen molar-refractivity contribution in [3.63, 3.8) is 0 Å². The van der Waals surface area contributed by atoms with Gasteiger partial charge in [-0.2, -0.15) is 4.98 Å². The highest BCUT2D eigenvalue weighted by Gasteiger charge is 2.28. The van der Waals surface area contributed by atoms with Gasteiger partial charge in [-0.1, -0.05) is 32.1 Å². The molecule has 4 aromatic rings. The van der Waals surface area contributed by atoms with Crippen LogP contribution in [-0.2, 0) is 23.3 Å². The van der Waals surface area contributed by atoms with E-state index in [9.17, 15) is 9.59 Å². The van der Waals surface area contributed by atoms with Crippen molar-refractivity contribution >= 4 is 34.3 Å². The van der Waals surface area contributed by atoms with Crippen molar-refractivity contribution in [2.45, 2.75) is 45.2 Å². The summed E-state index contributed by atoms with van der Waals surface area (Å²) in [6, 6.07) is 12.0. The lowest BCUT2D eigenvalue weighted by molar-refractivity contribution is -0.121. The number of carbonyl (C=O) groups excluding carboxylic acids is 1. The summed E-state index contributed by atoms with van der Waals surface area (Å²) >= 11 is 0. The highest BCUT2D eigenvalue weighted by molar-refractivity contribution is 5.98. The molecule has 2 aromatic carbocycles. The van der Waals surface area contributed by atoms with E-state index in [2.05, 4.69) is 53.7 Å². The molecule has 0 spiro atoms. The molecule has 0 saturated heterocycles. The number of nitrogens with one attached hydrogen (secondary N) is 2. The van der Waals surface area contributed by atoms with Crippen LogP contribution in [0.15, 0.2) is 59.5 Å². The van der Waals surface area contributed by atoms with Crippen molar-refractivity contribution in [1.29, 1.82) is 0 Å². The Morgan fingerprint density at radius 3 is 2.90 bits per heavy atom. The number of hydrogen-bond acceptors (Lipinski definition) is 7. The van der Waals surface area contributed by atoms with E-state index in [1.807, 2.05) is 29.0 Å². The molecule has 3 aliphatic rings. The summed E-state index contributed by atoms with van der Waals surface area (Å²) in [6.07, 6.45) is 7.25. The van der Waals surface area contributed by atoms with E-state index in [4.69, 9.17) is 9.72 Å². The second kappa shape index (κ2) is 9.34. The fourth-order valence-electron chi connectivity index (χ4n) is 5.95. The molecule has 0 saturated carbocycles. The number of nitrogens with zero attached hydrogens (tertiary/aromatic N) is 5. The molecule has 0 radical (unpaired) electrons. The number of benzene rings is 2. The second-order valence-corrected chi connectivity index (χ2v) is 11.2. The number of ether oxygens (including phenoxy) is 1. The van der Waals surface area contributed by atoms with Gasteiger partial charge in [-0.05, 0) is 54.3 Å². The summed E-state index contributed by atoms with van der Waals surface area (Å²) in [7, 11) is 0. The van der Waals surface area contributed by atoms with E-state index < -0.39 is 0 Å².